The molecular weight excluding hydrogens is 245 g/mol. The summed E-state index contributed by atoms with van der Waals surface area (Å²) >= 11 is 0. The van der Waals surface area contributed by atoms with Crippen LogP contribution in [0.1, 0.15) is 48.0 Å². The molecule has 1 N–H and O–H groups in total. The average molecular weight is 261 g/mol. The number of anilines is 1. The molecule has 19 heavy (non-hydrogen) atoms. The number of benzene rings is 1. The first kappa shape index (κ1) is 12.3. The molecule has 1 saturated carbocycles. The third kappa shape index (κ3) is 2.27. The van der Waals surface area contributed by atoms with Gasteiger partial charge in [0.25, 0.3) is 0 Å². The Morgan fingerprint density at radius 2 is 1.95 bits per heavy atom. The number of hydrogen-bond donors (Lipinski definition) is 1. The quantitative estimate of drug-likeness (QED) is 0.831. The van der Waals surface area contributed by atoms with Gasteiger partial charge in [0, 0.05) is 18.0 Å². The maximum atomic E-state index is 14.0. The highest BCUT2D eigenvalue weighted by Gasteiger charge is 2.27. The minimum absolute atomic E-state index is 0.0225. The molecule has 4 heteroatoms. The molecule has 3 rings (SSSR count). The van der Waals surface area contributed by atoms with Crippen LogP contribution >= 0.6 is 0 Å². The summed E-state index contributed by atoms with van der Waals surface area (Å²) < 4.78 is 14.0. The van der Waals surface area contributed by atoms with E-state index >= 15 is 0 Å². The second-order valence-corrected chi connectivity index (χ2v) is 5.38. The highest BCUT2D eigenvalue weighted by atomic mass is 19.1. The highest BCUT2D eigenvalue weighted by Crippen LogP contribution is 2.31. The van der Waals surface area contributed by atoms with E-state index in [1.54, 1.807) is 6.07 Å². The smallest absolute Gasteiger partial charge is 0.224 e. The van der Waals surface area contributed by atoms with Crippen LogP contribution in [0.25, 0.3) is 0 Å². The monoisotopic (exact) mass is 261 g/mol. The maximum Gasteiger partial charge on any atom is 0.224 e. The Hall–Kier alpha value is -1.71. The van der Waals surface area contributed by atoms with Gasteiger partial charge in [-0.2, -0.15) is 0 Å². The van der Waals surface area contributed by atoms with E-state index < -0.39 is 5.82 Å². The molecule has 1 amide bonds. The molecule has 1 aliphatic carbocycles. The van der Waals surface area contributed by atoms with E-state index in [4.69, 9.17) is 0 Å². The van der Waals surface area contributed by atoms with E-state index in [-0.39, 0.29) is 23.2 Å². The number of halogens is 1. The van der Waals surface area contributed by atoms with Crippen LogP contribution in [0.3, 0.4) is 0 Å². The number of Topliss-reactive ketones (excluding diaryl/α,β-unsaturated/α-hetero) is 1. The van der Waals surface area contributed by atoms with Crippen molar-refractivity contribution in [2.75, 3.05) is 5.32 Å². The van der Waals surface area contributed by atoms with Gasteiger partial charge >= 0.3 is 0 Å². The lowest BCUT2D eigenvalue weighted by Crippen LogP contribution is -2.21. The minimum Gasteiger partial charge on any atom is -0.326 e. The minimum atomic E-state index is -0.516. The first-order valence-corrected chi connectivity index (χ1v) is 6.81. The molecule has 0 saturated heterocycles. The number of fused-ring (bicyclic) bond motifs is 1. The molecule has 2 aliphatic rings. The van der Waals surface area contributed by atoms with Gasteiger partial charge in [-0.05, 0) is 37.0 Å². The second-order valence-electron chi connectivity index (χ2n) is 5.38. The highest BCUT2D eigenvalue weighted by molar-refractivity contribution is 6.00. The Labute approximate surface area is 111 Å². The Morgan fingerprint density at radius 3 is 2.68 bits per heavy atom. The summed E-state index contributed by atoms with van der Waals surface area (Å²) in [6.07, 6.45) is 4.82. The Morgan fingerprint density at radius 1 is 1.21 bits per heavy atom. The number of rotatable bonds is 2. The Balaban J connectivity index is 1.94. The largest absolute Gasteiger partial charge is 0.326 e. The molecule has 1 aliphatic heterocycles. The molecule has 100 valence electrons. The van der Waals surface area contributed by atoms with Gasteiger partial charge in [0.2, 0.25) is 5.91 Å². The van der Waals surface area contributed by atoms with Crippen LogP contribution in [0.2, 0.25) is 0 Å². The molecule has 0 atom stereocenters. The van der Waals surface area contributed by atoms with Crippen LogP contribution in [-0.2, 0) is 11.2 Å². The predicted octanol–water partition coefficient (Wildman–Crippen LogP) is 3.08. The molecule has 1 aromatic rings. The molecule has 1 aromatic carbocycles. The number of carbonyl (C=O) groups is 2. The van der Waals surface area contributed by atoms with E-state index in [1.165, 1.54) is 6.07 Å². The zero-order valence-electron chi connectivity index (χ0n) is 10.7. The number of ketones is 1. The number of nitrogens with one attached hydrogen (secondary N) is 1. The summed E-state index contributed by atoms with van der Waals surface area (Å²) in [7, 11) is 0. The van der Waals surface area contributed by atoms with Gasteiger partial charge in [0.05, 0.1) is 5.56 Å². The topological polar surface area (TPSA) is 46.2 Å². The fourth-order valence-electron chi connectivity index (χ4n) is 3.00. The predicted molar refractivity (Wildman–Crippen MR) is 69.6 cm³/mol. The summed E-state index contributed by atoms with van der Waals surface area (Å²) in [4.78, 5) is 23.6. The third-order valence-corrected chi connectivity index (χ3v) is 4.08. The molecule has 0 unspecified atom stereocenters. The number of aryl methyl sites for hydroxylation is 1. The molecule has 0 radical (unpaired) electrons. The van der Waals surface area contributed by atoms with Gasteiger partial charge in [0.15, 0.2) is 5.78 Å². The van der Waals surface area contributed by atoms with Crippen LogP contribution in [0.15, 0.2) is 12.1 Å². The van der Waals surface area contributed by atoms with Crippen molar-refractivity contribution in [3.8, 4) is 0 Å². The molecule has 1 heterocycles. The summed E-state index contributed by atoms with van der Waals surface area (Å²) in [5, 5.41) is 2.65. The van der Waals surface area contributed by atoms with E-state index in [9.17, 15) is 14.0 Å². The van der Waals surface area contributed by atoms with E-state index in [0.29, 0.717) is 18.5 Å². The van der Waals surface area contributed by atoms with E-state index in [0.717, 1.165) is 31.2 Å². The van der Waals surface area contributed by atoms with Gasteiger partial charge in [-0.3, -0.25) is 9.59 Å². The third-order valence-electron chi connectivity index (χ3n) is 4.08. The van der Waals surface area contributed by atoms with Crippen LogP contribution in [0.5, 0.6) is 0 Å². The molecule has 3 nitrogen and oxygen atoms in total. The van der Waals surface area contributed by atoms with Gasteiger partial charge in [-0.25, -0.2) is 4.39 Å². The lowest BCUT2D eigenvalue weighted by Gasteiger charge is -2.18. The lowest BCUT2D eigenvalue weighted by molar-refractivity contribution is -0.116. The lowest BCUT2D eigenvalue weighted by atomic mass is 9.92. The number of hydrogen-bond acceptors (Lipinski definition) is 2. The van der Waals surface area contributed by atoms with Crippen molar-refractivity contribution in [1.29, 1.82) is 0 Å². The zero-order chi connectivity index (χ0) is 13.4. The SMILES string of the molecule is O=C1CCc2cc(C(=O)C3CCCC3)c(F)cc2N1. The number of carbonyl (C=O) groups excluding carboxylic acids is 2. The Bertz CT molecular complexity index is 547. The van der Waals surface area contributed by atoms with Crippen LogP contribution < -0.4 is 5.32 Å². The summed E-state index contributed by atoms with van der Waals surface area (Å²) in [5.74, 6) is -0.708. The fourth-order valence-corrected chi connectivity index (χ4v) is 3.00. The molecule has 0 spiro atoms. The fraction of sp³-hybridized carbons (Fsp3) is 0.467. The first-order chi connectivity index (χ1) is 9.15. The average Bonchev–Trinajstić information content (AvgIpc) is 2.91. The van der Waals surface area contributed by atoms with Crippen LogP contribution in [0, 0.1) is 11.7 Å². The molecule has 0 aromatic heterocycles. The van der Waals surface area contributed by atoms with Crippen molar-refractivity contribution in [2.24, 2.45) is 5.92 Å². The summed E-state index contributed by atoms with van der Waals surface area (Å²) in [6.45, 7) is 0. The summed E-state index contributed by atoms with van der Waals surface area (Å²) in [5.41, 5.74) is 1.57. The molecular formula is C15H16FNO2. The normalized spacial score (nSPS) is 19.1. The van der Waals surface area contributed by atoms with Crippen molar-refractivity contribution in [3.05, 3.63) is 29.1 Å². The standard InChI is InChI=1S/C15H16FNO2/c16-12-8-13-10(5-6-14(18)17-13)7-11(12)15(19)9-3-1-2-4-9/h7-9H,1-6H2,(H,17,18). The van der Waals surface area contributed by atoms with Crippen molar-refractivity contribution in [1.82, 2.24) is 0 Å². The van der Waals surface area contributed by atoms with Crippen molar-refractivity contribution in [2.45, 2.75) is 38.5 Å². The zero-order valence-corrected chi connectivity index (χ0v) is 10.7. The van der Waals surface area contributed by atoms with Crippen molar-refractivity contribution < 1.29 is 14.0 Å². The van der Waals surface area contributed by atoms with E-state index in [1.807, 2.05) is 0 Å². The van der Waals surface area contributed by atoms with Gasteiger partial charge in [0.1, 0.15) is 5.82 Å². The second kappa shape index (κ2) is 4.76. The van der Waals surface area contributed by atoms with E-state index in [2.05, 4.69) is 5.32 Å². The van der Waals surface area contributed by atoms with Gasteiger partial charge < -0.3 is 5.32 Å². The summed E-state index contributed by atoms with van der Waals surface area (Å²) in [6, 6.07) is 2.92. The Kier molecular flexibility index (Phi) is 3.09. The van der Waals surface area contributed by atoms with Gasteiger partial charge in [-0.15, -0.1) is 0 Å². The molecule has 1 fully saturated rings. The van der Waals surface area contributed by atoms with Crippen LogP contribution in [-0.4, -0.2) is 11.7 Å². The van der Waals surface area contributed by atoms with Crippen LogP contribution in [0.4, 0.5) is 10.1 Å². The maximum absolute atomic E-state index is 14.0. The first-order valence-electron chi connectivity index (χ1n) is 6.81. The number of amides is 1. The van der Waals surface area contributed by atoms with Crippen molar-refractivity contribution in [3.63, 3.8) is 0 Å². The van der Waals surface area contributed by atoms with Gasteiger partial charge in [-0.1, -0.05) is 12.8 Å². The molecule has 0 bridgehead atoms. The van der Waals surface area contributed by atoms with Crippen molar-refractivity contribution >= 4 is 17.4 Å².